The molecule has 0 radical (unpaired) electrons. The van der Waals surface area contributed by atoms with Crippen molar-refractivity contribution in [2.45, 2.75) is 25.7 Å². The number of nitrogens with zero attached hydrogens (tertiary/aromatic N) is 3. The van der Waals surface area contributed by atoms with Crippen LogP contribution in [0.5, 0.6) is 0 Å². The minimum absolute atomic E-state index is 0.156. The maximum absolute atomic E-state index is 12.8. The monoisotopic (exact) mass is 403 g/mol. The molecular weight excluding hydrogens is 382 g/mol. The van der Waals surface area contributed by atoms with Gasteiger partial charge in [-0.3, -0.25) is 19.3 Å². The highest BCUT2D eigenvalue weighted by Gasteiger charge is 2.38. The first kappa shape index (κ1) is 18.5. The summed E-state index contributed by atoms with van der Waals surface area (Å²) in [4.78, 5) is 45.3. The molecule has 1 saturated heterocycles. The lowest BCUT2D eigenvalue weighted by Gasteiger charge is -2.31. The molecule has 30 heavy (non-hydrogen) atoms. The molecule has 0 spiro atoms. The van der Waals surface area contributed by atoms with E-state index in [0.717, 1.165) is 34.4 Å². The van der Waals surface area contributed by atoms with Crippen molar-refractivity contribution in [3.63, 3.8) is 0 Å². The first-order chi connectivity index (χ1) is 14.5. The quantitative estimate of drug-likeness (QED) is 0.628. The van der Waals surface area contributed by atoms with Gasteiger partial charge in [-0.25, -0.2) is 4.98 Å². The highest BCUT2D eigenvalue weighted by atomic mass is 16.3. The fourth-order valence-corrected chi connectivity index (χ4v) is 4.22. The molecule has 152 valence electrons. The maximum atomic E-state index is 12.8. The van der Waals surface area contributed by atoms with Crippen molar-refractivity contribution in [1.29, 1.82) is 0 Å². The topological polar surface area (TPSA) is 83.7 Å². The number of hydrogen-bond acceptors (Lipinski definition) is 5. The molecule has 2 aliphatic heterocycles. The van der Waals surface area contributed by atoms with E-state index in [1.165, 1.54) is 0 Å². The van der Waals surface area contributed by atoms with E-state index in [0.29, 0.717) is 30.1 Å². The van der Waals surface area contributed by atoms with Crippen LogP contribution >= 0.6 is 0 Å². The number of amides is 3. The van der Waals surface area contributed by atoms with Crippen LogP contribution in [0.15, 0.2) is 46.9 Å². The SMILES string of the molecule is Cc1ccc2c(c1)C(=O)N(CC(=O)N1CCC(c3nc4ccccc4o3)CC1)C2=O. The van der Waals surface area contributed by atoms with Crippen molar-refractivity contribution in [3.05, 3.63) is 65.0 Å². The van der Waals surface area contributed by atoms with E-state index >= 15 is 0 Å². The Labute approximate surface area is 173 Å². The number of benzene rings is 2. The van der Waals surface area contributed by atoms with Gasteiger partial charge in [0.05, 0.1) is 11.1 Å². The smallest absolute Gasteiger partial charge is 0.262 e. The lowest BCUT2D eigenvalue weighted by atomic mass is 9.97. The normalized spacial score (nSPS) is 17.1. The Hall–Kier alpha value is -3.48. The van der Waals surface area contributed by atoms with E-state index in [4.69, 9.17) is 4.42 Å². The Morgan fingerprint density at radius 1 is 1.07 bits per heavy atom. The van der Waals surface area contributed by atoms with Crippen molar-refractivity contribution >= 4 is 28.8 Å². The standard InChI is InChI=1S/C23H21N3O4/c1-14-6-7-16-17(12-14)23(29)26(22(16)28)13-20(27)25-10-8-15(9-11-25)21-24-18-4-2-3-5-19(18)30-21/h2-7,12,15H,8-11,13H2,1H3. The number of aryl methyl sites for hydroxylation is 1. The van der Waals surface area contributed by atoms with Crippen LogP contribution in [0.2, 0.25) is 0 Å². The minimum Gasteiger partial charge on any atom is -0.440 e. The number of carbonyl (C=O) groups excluding carboxylic acids is 3. The van der Waals surface area contributed by atoms with Gasteiger partial charge in [0.25, 0.3) is 11.8 Å². The number of fused-ring (bicyclic) bond motifs is 2. The number of imide groups is 1. The molecule has 0 atom stereocenters. The summed E-state index contributed by atoms with van der Waals surface area (Å²) in [5.74, 6) is -0.141. The van der Waals surface area contributed by atoms with E-state index in [-0.39, 0.29) is 18.4 Å². The predicted molar refractivity (Wildman–Crippen MR) is 109 cm³/mol. The van der Waals surface area contributed by atoms with E-state index in [9.17, 15) is 14.4 Å². The average molecular weight is 403 g/mol. The van der Waals surface area contributed by atoms with Gasteiger partial charge in [0.2, 0.25) is 5.91 Å². The van der Waals surface area contributed by atoms with Gasteiger partial charge in [-0.15, -0.1) is 0 Å². The van der Waals surface area contributed by atoms with Crippen LogP contribution in [0.1, 0.15) is 50.9 Å². The fraction of sp³-hybridized carbons (Fsp3) is 0.304. The Morgan fingerprint density at radius 3 is 2.57 bits per heavy atom. The molecule has 0 bridgehead atoms. The van der Waals surface area contributed by atoms with Crippen molar-refractivity contribution in [3.8, 4) is 0 Å². The summed E-state index contributed by atoms with van der Waals surface area (Å²) in [6.07, 6.45) is 1.47. The second kappa shape index (κ2) is 7.09. The van der Waals surface area contributed by atoms with Gasteiger partial charge in [-0.1, -0.05) is 23.8 Å². The molecule has 0 unspecified atom stereocenters. The summed E-state index contributed by atoms with van der Waals surface area (Å²) in [6.45, 7) is 2.74. The van der Waals surface area contributed by atoms with Crippen LogP contribution in [-0.4, -0.2) is 52.1 Å². The van der Waals surface area contributed by atoms with Crippen LogP contribution in [0, 0.1) is 6.92 Å². The molecular formula is C23H21N3O4. The summed E-state index contributed by atoms with van der Waals surface area (Å²) < 4.78 is 5.87. The number of likely N-dealkylation sites (tertiary alicyclic amines) is 1. The van der Waals surface area contributed by atoms with Crippen molar-refractivity contribution in [2.24, 2.45) is 0 Å². The number of hydrogen-bond donors (Lipinski definition) is 0. The Bertz CT molecular complexity index is 1140. The number of para-hydroxylation sites is 2. The zero-order chi connectivity index (χ0) is 20.8. The number of rotatable bonds is 3. The van der Waals surface area contributed by atoms with Crippen LogP contribution in [0.3, 0.4) is 0 Å². The summed E-state index contributed by atoms with van der Waals surface area (Å²) in [6, 6.07) is 12.8. The van der Waals surface area contributed by atoms with Gasteiger partial charge < -0.3 is 9.32 Å². The van der Waals surface area contributed by atoms with Gasteiger partial charge in [0, 0.05) is 19.0 Å². The maximum Gasteiger partial charge on any atom is 0.262 e. The molecule has 3 amide bonds. The summed E-state index contributed by atoms with van der Waals surface area (Å²) in [5.41, 5.74) is 3.26. The average Bonchev–Trinajstić information content (AvgIpc) is 3.29. The molecule has 3 aromatic rings. The third kappa shape index (κ3) is 3.07. The van der Waals surface area contributed by atoms with Crippen molar-refractivity contribution in [1.82, 2.24) is 14.8 Å². The largest absolute Gasteiger partial charge is 0.440 e. The first-order valence-electron chi connectivity index (χ1n) is 10.1. The Balaban J connectivity index is 1.23. The van der Waals surface area contributed by atoms with Crippen LogP contribution in [0.4, 0.5) is 0 Å². The highest BCUT2D eigenvalue weighted by molar-refractivity contribution is 6.22. The molecule has 0 saturated carbocycles. The Morgan fingerprint density at radius 2 is 1.80 bits per heavy atom. The number of aromatic nitrogens is 1. The summed E-state index contributed by atoms with van der Waals surface area (Å²) >= 11 is 0. The molecule has 3 heterocycles. The molecule has 2 aromatic carbocycles. The fourth-order valence-electron chi connectivity index (χ4n) is 4.22. The summed E-state index contributed by atoms with van der Waals surface area (Å²) in [5, 5.41) is 0. The highest BCUT2D eigenvalue weighted by Crippen LogP contribution is 2.30. The van der Waals surface area contributed by atoms with E-state index in [1.807, 2.05) is 31.2 Å². The number of carbonyl (C=O) groups is 3. The molecule has 7 heteroatoms. The second-order valence-electron chi connectivity index (χ2n) is 7.92. The molecule has 7 nitrogen and oxygen atoms in total. The lowest BCUT2D eigenvalue weighted by Crippen LogP contribution is -2.45. The van der Waals surface area contributed by atoms with Gasteiger partial charge in [0.15, 0.2) is 11.5 Å². The second-order valence-corrected chi connectivity index (χ2v) is 7.92. The molecule has 1 aromatic heterocycles. The van der Waals surface area contributed by atoms with Gasteiger partial charge in [-0.2, -0.15) is 0 Å². The first-order valence-corrected chi connectivity index (χ1v) is 10.1. The van der Waals surface area contributed by atoms with Crippen LogP contribution < -0.4 is 0 Å². The third-order valence-corrected chi connectivity index (χ3v) is 5.93. The third-order valence-electron chi connectivity index (χ3n) is 5.93. The van der Waals surface area contributed by atoms with Crippen LogP contribution in [0.25, 0.3) is 11.1 Å². The summed E-state index contributed by atoms with van der Waals surface area (Å²) in [7, 11) is 0. The Kier molecular flexibility index (Phi) is 4.38. The molecule has 0 aliphatic carbocycles. The number of oxazole rings is 1. The van der Waals surface area contributed by atoms with E-state index in [2.05, 4.69) is 4.98 Å². The van der Waals surface area contributed by atoms with E-state index < -0.39 is 11.8 Å². The lowest BCUT2D eigenvalue weighted by molar-refractivity contribution is -0.132. The zero-order valence-electron chi connectivity index (χ0n) is 16.6. The minimum atomic E-state index is -0.398. The van der Waals surface area contributed by atoms with E-state index in [1.54, 1.807) is 23.1 Å². The predicted octanol–water partition coefficient (Wildman–Crippen LogP) is 3.14. The molecule has 5 rings (SSSR count). The molecule has 0 N–H and O–H groups in total. The van der Waals surface area contributed by atoms with Crippen molar-refractivity contribution in [2.75, 3.05) is 19.6 Å². The number of piperidine rings is 1. The molecule has 2 aliphatic rings. The van der Waals surface area contributed by atoms with Gasteiger partial charge in [-0.05, 0) is 44.0 Å². The van der Waals surface area contributed by atoms with Gasteiger partial charge >= 0.3 is 0 Å². The van der Waals surface area contributed by atoms with Gasteiger partial charge in [0.1, 0.15) is 12.1 Å². The van der Waals surface area contributed by atoms with Crippen LogP contribution in [-0.2, 0) is 4.79 Å². The zero-order valence-corrected chi connectivity index (χ0v) is 16.6. The molecule has 1 fully saturated rings. The van der Waals surface area contributed by atoms with Crippen molar-refractivity contribution < 1.29 is 18.8 Å².